The number of rotatable bonds is 7. The van der Waals surface area contributed by atoms with E-state index in [1.54, 1.807) is 0 Å². The third kappa shape index (κ3) is 4.76. The van der Waals surface area contributed by atoms with Crippen LogP contribution in [-0.2, 0) is 16.0 Å². The number of hydrogen-bond donors (Lipinski definition) is 3. The molecule has 2 aromatic carbocycles. The number of benzene rings is 2. The van der Waals surface area contributed by atoms with E-state index in [1.807, 2.05) is 37.3 Å². The summed E-state index contributed by atoms with van der Waals surface area (Å²) in [5.74, 6) is 0.326. The minimum absolute atomic E-state index is 0.183. The van der Waals surface area contributed by atoms with E-state index in [0.29, 0.717) is 6.54 Å². The van der Waals surface area contributed by atoms with E-state index in [-0.39, 0.29) is 18.2 Å². The maximum absolute atomic E-state index is 12.0. The first kappa shape index (κ1) is 19.6. The first-order valence-corrected chi connectivity index (χ1v) is 9.51. The fourth-order valence-corrected chi connectivity index (χ4v) is 3.08. The molecule has 146 valence electrons. The highest BCUT2D eigenvalue weighted by molar-refractivity contribution is 6.03. The summed E-state index contributed by atoms with van der Waals surface area (Å²) in [6.45, 7) is 6.57. The van der Waals surface area contributed by atoms with Crippen molar-refractivity contribution in [2.75, 3.05) is 11.9 Å². The summed E-state index contributed by atoms with van der Waals surface area (Å²) in [6, 6.07) is 11.6. The van der Waals surface area contributed by atoms with E-state index in [4.69, 9.17) is 0 Å². The summed E-state index contributed by atoms with van der Waals surface area (Å²) in [6.07, 6.45) is 1.31. The zero-order valence-electron chi connectivity index (χ0n) is 16.6. The van der Waals surface area contributed by atoms with E-state index >= 15 is 0 Å². The van der Waals surface area contributed by atoms with Crippen LogP contribution in [0.1, 0.15) is 35.4 Å². The first-order valence-electron chi connectivity index (χ1n) is 9.51. The highest BCUT2D eigenvalue weighted by atomic mass is 16.2. The number of aromatic amines is 1. The lowest BCUT2D eigenvalue weighted by molar-refractivity contribution is -0.126. The summed E-state index contributed by atoms with van der Waals surface area (Å²) >= 11 is 0. The quantitative estimate of drug-likeness (QED) is 0.434. The molecule has 0 bridgehead atoms. The number of nitrogens with zero attached hydrogens (tertiary/aromatic N) is 1. The van der Waals surface area contributed by atoms with Crippen LogP contribution in [0.5, 0.6) is 0 Å². The van der Waals surface area contributed by atoms with Gasteiger partial charge in [-0.15, -0.1) is 0 Å². The Hall–Kier alpha value is -3.15. The molecule has 6 heteroatoms. The monoisotopic (exact) mass is 378 g/mol. The Labute approximate surface area is 164 Å². The lowest BCUT2D eigenvalue weighted by Crippen LogP contribution is -2.29. The number of nitrogens with one attached hydrogen (secondary N) is 3. The lowest BCUT2D eigenvalue weighted by atomic mass is 10.1. The Morgan fingerprint density at radius 3 is 2.57 bits per heavy atom. The van der Waals surface area contributed by atoms with Crippen molar-refractivity contribution in [2.24, 2.45) is 0 Å². The van der Waals surface area contributed by atoms with Gasteiger partial charge in [0, 0.05) is 18.7 Å². The van der Waals surface area contributed by atoms with Gasteiger partial charge in [0.2, 0.25) is 11.8 Å². The number of hydrogen-bond acceptors (Lipinski definition) is 3. The Morgan fingerprint density at radius 1 is 1.00 bits per heavy atom. The molecule has 1 heterocycles. The molecule has 6 nitrogen and oxygen atoms in total. The van der Waals surface area contributed by atoms with Gasteiger partial charge in [0.25, 0.3) is 0 Å². The Balaban J connectivity index is 1.42. The Morgan fingerprint density at radius 2 is 1.79 bits per heavy atom. The number of anilines is 1. The molecule has 3 aromatic rings. The van der Waals surface area contributed by atoms with Gasteiger partial charge in [0.05, 0.1) is 11.0 Å². The Kier molecular flexibility index (Phi) is 6.09. The second-order valence-corrected chi connectivity index (χ2v) is 7.08. The number of aryl methyl sites for hydroxylation is 4. The van der Waals surface area contributed by atoms with Gasteiger partial charge in [0.15, 0.2) is 0 Å². The van der Waals surface area contributed by atoms with Crippen molar-refractivity contribution in [1.82, 2.24) is 15.3 Å². The summed E-state index contributed by atoms with van der Waals surface area (Å²) in [5, 5.41) is 5.56. The molecule has 0 unspecified atom stereocenters. The predicted molar refractivity (Wildman–Crippen MR) is 111 cm³/mol. The van der Waals surface area contributed by atoms with E-state index < -0.39 is 0 Å². The standard InChI is InChI=1S/C22H26N4O2/c1-14-10-11-18-22(16(14)3)26-19(24-18)9-6-12-23-20(27)13-21(28)25-17-8-5-4-7-15(17)2/h4-5,7-8,10-11H,6,9,12-13H2,1-3H3,(H,23,27)(H,24,26)(H,25,28). The SMILES string of the molecule is Cc1ccccc1NC(=O)CC(=O)NCCCc1nc2c(C)c(C)ccc2[nH]1. The first-order chi connectivity index (χ1) is 13.4. The molecular weight excluding hydrogens is 352 g/mol. The van der Waals surface area contributed by atoms with Gasteiger partial charge >= 0.3 is 0 Å². The van der Waals surface area contributed by atoms with Crippen molar-refractivity contribution in [2.45, 2.75) is 40.0 Å². The zero-order valence-corrected chi connectivity index (χ0v) is 16.6. The van der Waals surface area contributed by atoms with Crippen molar-refractivity contribution < 1.29 is 9.59 Å². The molecule has 0 aliphatic heterocycles. The molecular formula is C22H26N4O2. The second kappa shape index (κ2) is 8.69. The van der Waals surface area contributed by atoms with Crippen LogP contribution in [-0.4, -0.2) is 28.3 Å². The Bertz CT molecular complexity index is 1010. The molecule has 28 heavy (non-hydrogen) atoms. The number of carbonyl (C=O) groups excluding carboxylic acids is 2. The largest absolute Gasteiger partial charge is 0.356 e. The minimum atomic E-state index is -0.310. The van der Waals surface area contributed by atoms with Crippen LogP contribution in [0.2, 0.25) is 0 Å². The molecule has 0 aliphatic rings. The third-order valence-corrected chi connectivity index (χ3v) is 4.88. The predicted octanol–water partition coefficient (Wildman–Crippen LogP) is 3.57. The van der Waals surface area contributed by atoms with Crippen LogP contribution >= 0.6 is 0 Å². The van der Waals surface area contributed by atoms with Crippen LogP contribution in [0, 0.1) is 20.8 Å². The molecule has 0 saturated carbocycles. The molecule has 3 rings (SSSR count). The van der Waals surface area contributed by atoms with Crippen molar-refractivity contribution in [1.29, 1.82) is 0 Å². The molecule has 0 fully saturated rings. The maximum Gasteiger partial charge on any atom is 0.233 e. The second-order valence-electron chi connectivity index (χ2n) is 7.08. The summed E-state index contributed by atoms with van der Waals surface area (Å²) in [5.41, 5.74) is 6.15. The summed E-state index contributed by atoms with van der Waals surface area (Å²) in [7, 11) is 0. The number of carbonyl (C=O) groups is 2. The normalized spacial score (nSPS) is 10.8. The molecule has 0 aliphatic carbocycles. The van der Waals surface area contributed by atoms with Crippen LogP contribution in [0.3, 0.4) is 0 Å². The molecule has 0 saturated heterocycles. The van der Waals surface area contributed by atoms with Gasteiger partial charge in [-0.2, -0.15) is 0 Å². The van der Waals surface area contributed by atoms with E-state index in [0.717, 1.165) is 41.0 Å². The number of imidazole rings is 1. The van der Waals surface area contributed by atoms with Crippen molar-refractivity contribution in [3.8, 4) is 0 Å². The van der Waals surface area contributed by atoms with Gasteiger partial charge in [-0.05, 0) is 56.0 Å². The minimum Gasteiger partial charge on any atom is -0.356 e. The third-order valence-electron chi connectivity index (χ3n) is 4.88. The highest BCUT2D eigenvalue weighted by Crippen LogP contribution is 2.19. The van der Waals surface area contributed by atoms with Crippen LogP contribution in [0.25, 0.3) is 11.0 Å². The van der Waals surface area contributed by atoms with Gasteiger partial charge in [-0.25, -0.2) is 4.98 Å². The maximum atomic E-state index is 12.0. The summed E-state index contributed by atoms with van der Waals surface area (Å²) in [4.78, 5) is 32.0. The van der Waals surface area contributed by atoms with Crippen molar-refractivity contribution in [3.63, 3.8) is 0 Å². The van der Waals surface area contributed by atoms with Crippen molar-refractivity contribution in [3.05, 3.63) is 58.9 Å². The fourth-order valence-electron chi connectivity index (χ4n) is 3.08. The zero-order chi connectivity index (χ0) is 20.1. The van der Waals surface area contributed by atoms with Gasteiger partial charge in [-0.1, -0.05) is 24.3 Å². The smallest absolute Gasteiger partial charge is 0.233 e. The molecule has 0 radical (unpaired) electrons. The average Bonchev–Trinajstić information content (AvgIpc) is 3.08. The lowest BCUT2D eigenvalue weighted by Gasteiger charge is -2.08. The molecule has 2 amide bonds. The van der Waals surface area contributed by atoms with Crippen LogP contribution < -0.4 is 10.6 Å². The van der Waals surface area contributed by atoms with E-state index in [1.165, 1.54) is 11.1 Å². The topological polar surface area (TPSA) is 86.9 Å². The average molecular weight is 378 g/mol. The number of para-hydroxylation sites is 1. The number of fused-ring (bicyclic) bond motifs is 1. The molecule has 0 spiro atoms. The fraction of sp³-hybridized carbons (Fsp3) is 0.318. The highest BCUT2D eigenvalue weighted by Gasteiger charge is 2.11. The number of aromatic nitrogens is 2. The van der Waals surface area contributed by atoms with Crippen molar-refractivity contribution >= 4 is 28.5 Å². The van der Waals surface area contributed by atoms with E-state index in [9.17, 15) is 9.59 Å². The molecule has 0 atom stereocenters. The number of amides is 2. The van der Waals surface area contributed by atoms with Gasteiger partial charge < -0.3 is 15.6 Å². The van der Waals surface area contributed by atoms with Gasteiger partial charge in [-0.3, -0.25) is 9.59 Å². The summed E-state index contributed by atoms with van der Waals surface area (Å²) < 4.78 is 0. The van der Waals surface area contributed by atoms with Gasteiger partial charge in [0.1, 0.15) is 12.2 Å². The van der Waals surface area contributed by atoms with Crippen LogP contribution in [0.15, 0.2) is 36.4 Å². The molecule has 3 N–H and O–H groups in total. The van der Waals surface area contributed by atoms with Crippen LogP contribution in [0.4, 0.5) is 5.69 Å². The molecule has 1 aromatic heterocycles. The van der Waals surface area contributed by atoms with E-state index in [2.05, 4.69) is 40.5 Å². The number of H-pyrrole nitrogens is 1.